The number of nitrogens with zero attached hydrogens (tertiary/aromatic N) is 2. The van der Waals surface area contributed by atoms with Crippen molar-refractivity contribution < 1.29 is 0 Å². The number of anilines is 1. The molecule has 2 rings (SSSR count). The Labute approximate surface area is 122 Å². The molecule has 2 aromatic rings. The number of nitrogens with one attached hydrogen (secondary N) is 1. The highest BCUT2D eigenvalue weighted by atomic mass is 79.9. The van der Waals surface area contributed by atoms with E-state index in [0.717, 1.165) is 35.6 Å². The van der Waals surface area contributed by atoms with Crippen LogP contribution in [0.4, 0.5) is 5.82 Å². The number of halogens is 1. The molecule has 0 atom stereocenters. The summed E-state index contributed by atoms with van der Waals surface area (Å²) in [5, 5.41) is 3.35. The number of rotatable bonds is 5. The Kier molecular flexibility index (Phi) is 4.91. The van der Waals surface area contributed by atoms with Gasteiger partial charge in [-0.05, 0) is 40.4 Å². The lowest BCUT2D eigenvalue weighted by molar-refractivity contribution is 0.914. The van der Waals surface area contributed by atoms with E-state index in [-0.39, 0.29) is 0 Å². The van der Waals surface area contributed by atoms with Crippen LogP contribution in [0.25, 0.3) is 0 Å². The van der Waals surface area contributed by atoms with E-state index in [0.29, 0.717) is 0 Å². The van der Waals surface area contributed by atoms with Gasteiger partial charge in [-0.1, -0.05) is 31.2 Å². The quantitative estimate of drug-likeness (QED) is 0.852. The van der Waals surface area contributed by atoms with E-state index in [1.165, 1.54) is 11.1 Å². The largest absolute Gasteiger partial charge is 0.370 e. The first kappa shape index (κ1) is 14.0. The Morgan fingerprint density at radius 2 is 2.00 bits per heavy atom. The van der Waals surface area contributed by atoms with Gasteiger partial charge in [0.05, 0.1) is 0 Å². The molecule has 0 aliphatic carbocycles. The molecule has 0 spiro atoms. The SMILES string of the molecule is CCc1nc(Br)cc(NCCc2ccccc2C)n1. The van der Waals surface area contributed by atoms with Gasteiger partial charge in [-0.3, -0.25) is 0 Å². The van der Waals surface area contributed by atoms with E-state index in [2.05, 4.69) is 69.3 Å². The second kappa shape index (κ2) is 6.66. The van der Waals surface area contributed by atoms with Crippen LogP contribution in [0.2, 0.25) is 0 Å². The second-order valence-electron chi connectivity index (χ2n) is 4.45. The summed E-state index contributed by atoms with van der Waals surface area (Å²) in [5.74, 6) is 1.74. The van der Waals surface area contributed by atoms with Crippen LogP contribution < -0.4 is 5.32 Å². The maximum Gasteiger partial charge on any atom is 0.131 e. The van der Waals surface area contributed by atoms with Crippen molar-refractivity contribution in [2.75, 3.05) is 11.9 Å². The van der Waals surface area contributed by atoms with Crippen molar-refractivity contribution in [3.05, 3.63) is 51.9 Å². The molecule has 0 amide bonds. The Bertz CT molecular complexity index is 555. The van der Waals surface area contributed by atoms with E-state index in [1.807, 2.05) is 6.07 Å². The zero-order valence-corrected chi connectivity index (χ0v) is 12.9. The van der Waals surface area contributed by atoms with Gasteiger partial charge in [-0.15, -0.1) is 0 Å². The minimum atomic E-state index is 0.831. The van der Waals surface area contributed by atoms with Crippen LogP contribution >= 0.6 is 15.9 Å². The van der Waals surface area contributed by atoms with Crippen molar-refractivity contribution >= 4 is 21.7 Å². The van der Waals surface area contributed by atoms with Gasteiger partial charge in [0.2, 0.25) is 0 Å². The molecule has 0 fully saturated rings. The number of hydrogen-bond acceptors (Lipinski definition) is 3. The lowest BCUT2D eigenvalue weighted by Crippen LogP contribution is -2.08. The molecular formula is C15H18BrN3. The van der Waals surface area contributed by atoms with Crippen LogP contribution in [0.5, 0.6) is 0 Å². The Morgan fingerprint density at radius 1 is 1.21 bits per heavy atom. The van der Waals surface area contributed by atoms with Crippen LogP contribution in [0.3, 0.4) is 0 Å². The highest BCUT2D eigenvalue weighted by Gasteiger charge is 2.02. The highest BCUT2D eigenvalue weighted by Crippen LogP contribution is 2.13. The predicted molar refractivity (Wildman–Crippen MR) is 82.5 cm³/mol. The van der Waals surface area contributed by atoms with Gasteiger partial charge in [-0.25, -0.2) is 9.97 Å². The smallest absolute Gasteiger partial charge is 0.131 e. The van der Waals surface area contributed by atoms with Crippen molar-refractivity contribution in [2.45, 2.75) is 26.7 Å². The number of hydrogen-bond donors (Lipinski definition) is 1. The van der Waals surface area contributed by atoms with Crippen LogP contribution in [0, 0.1) is 6.92 Å². The zero-order valence-electron chi connectivity index (χ0n) is 11.3. The molecule has 0 saturated heterocycles. The van der Waals surface area contributed by atoms with E-state index in [1.54, 1.807) is 0 Å². The third kappa shape index (κ3) is 4.03. The van der Waals surface area contributed by atoms with Gasteiger partial charge in [0, 0.05) is 19.0 Å². The standard InChI is InChI=1S/C15H18BrN3/c1-3-14-18-13(16)10-15(19-14)17-9-8-12-7-5-4-6-11(12)2/h4-7,10H,3,8-9H2,1-2H3,(H,17,18,19). The normalized spacial score (nSPS) is 10.5. The van der Waals surface area contributed by atoms with Crippen molar-refractivity contribution in [3.63, 3.8) is 0 Å². The molecule has 0 saturated carbocycles. The van der Waals surface area contributed by atoms with Crippen molar-refractivity contribution in [1.82, 2.24) is 9.97 Å². The Hall–Kier alpha value is -1.42. The van der Waals surface area contributed by atoms with Gasteiger partial charge in [0.1, 0.15) is 16.2 Å². The minimum absolute atomic E-state index is 0.831. The van der Waals surface area contributed by atoms with E-state index in [4.69, 9.17) is 0 Å². The molecule has 100 valence electrons. The fourth-order valence-electron chi connectivity index (χ4n) is 1.93. The molecule has 4 heteroatoms. The van der Waals surface area contributed by atoms with Gasteiger partial charge in [0.25, 0.3) is 0 Å². The molecule has 1 aromatic heterocycles. The Morgan fingerprint density at radius 3 is 2.74 bits per heavy atom. The van der Waals surface area contributed by atoms with Crippen LogP contribution in [-0.4, -0.2) is 16.5 Å². The summed E-state index contributed by atoms with van der Waals surface area (Å²) in [7, 11) is 0. The summed E-state index contributed by atoms with van der Waals surface area (Å²) in [6, 6.07) is 10.4. The summed E-state index contributed by atoms with van der Waals surface area (Å²) in [4.78, 5) is 8.75. The first-order valence-electron chi connectivity index (χ1n) is 6.51. The van der Waals surface area contributed by atoms with E-state index in [9.17, 15) is 0 Å². The average Bonchev–Trinajstić information content (AvgIpc) is 2.40. The van der Waals surface area contributed by atoms with Crippen LogP contribution in [0.1, 0.15) is 23.9 Å². The molecule has 1 aromatic carbocycles. The van der Waals surface area contributed by atoms with Crippen LogP contribution in [-0.2, 0) is 12.8 Å². The lowest BCUT2D eigenvalue weighted by Gasteiger charge is -2.09. The van der Waals surface area contributed by atoms with Crippen molar-refractivity contribution in [2.24, 2.45) is 0 Å². The van der Waals surface area contributed by atoms with Gasteiger partial charge >= 0.3 is 0 Å². The fourth-order valence-corrected chi connectivity index (χ4v) is 2.35. The summed E-state index contributed by atoms with van der Waals surface area (Å²) >= 11 is 3.41. The topological polar surface area (TPSA) is 37.8 Å². The third-order valence-electron chi connectivity index (χ3n) is 3.02. The molecule has 1 heterocycles. The van der Waals surface area contributed by atoms with Crippen molar-refractivity contribution in [3.8, 4) is 0 Å². The number of aryl methyl sites for hydroxylation is 2. The molecular weight excluding hydrogens is 302 g/mol. The predicted octanol–water partition coefficient (Wildman–Crippen LogP) is 3.76. The van der Waals surface area contributed by atoms with Crippen molar-refractivity contribution in [1.29, 1.82) is 0 Å². The molecule has 3 nitrogen and oxygen atoms in total. The molecule has 19 heavy (non-hydrogen) atoms. The monoisotopic (exact) mass is 319 g/mol. The molecule has 0 unspecified atom stereocenters. The summed E-state index contributed by atoms with van der Waals surface area (Å²) in [6.07, 6.45) is 1.83. The first-order chi connectivity index (χ1) is 9.19. The van der Waals surface area contributed by atoms with E-state index >= 15 is 0 Å². The van der Waals surface area contributed by atoms with Gasteiger partial charge in [-0.2, -0.15) is 0 Å². The van der Waals surface area contributed by atoms with Gasteiger partial charge < -0.3 is 5.32 Å². The average molecular weight is 320 g/mol. The van der Waals surface area contributed by atoms with Gasteiger partial charge in [0.15, 0.2) is 0 Å². The summed E-state index contributed by atoms with van der Waals surface area (Å²) in [5.41, 5.74) is 2.71. The Balaban J connectivity index is 1.96. The molecule has 1 N–H and O–H groups in total. The minimum Gasteiger partial charge on any atom is -0.370 e. The molecule has 0 aliphatic rings. The zero-order chi connectivity index (χ0) is 13.7. The molecule has 0 bridgehead atoms. The fraction of sp³-hybridized carbons (Fsp3) is 0.333. The van der Waals surface area contributed by atoms with Crippen LogP contribution in [0.15, 0.2) is 34.9 Å². The third-order valence-corrected chi connectivity index (χ3v) is 3.43. The molecule has 0 radical (unpaired) electrons. The number of aromatic nitrogens is 2. The first-order valence-corrected chi connectivity index (χ1v) is 7.30. The maximum absolute atomic E-state index is 4.45. The highest BCUT2D eigenvalue weighted by molar-refractivity contribution is 9.10. The van der Waals surface area contributed by atoms with E-state index < -0.39 is 0 Å². The summed E-state index contributed by atoms with van der Waals surface area (Å²) < 4.78 is 0.831. The second-order valence-corrected chi connectivity index (χ2v) is 5.26. The summed E-state index contributed by atoms with van der Waals surface area (Å²) in [6.45, 7) is 5.07. The molecule has 0 aliphatic heterocycles. The lowest BCUT2D eigenvalue weighted by atomic mass is 10.1. The number of benzene rings is 1. The maximum atomic E-state index is 4.45.